The summed E-state index contributed by atoms with van der Waals surface area (Å²) in [6, 6.07) is 16.0. The lowest BCUT2D eigenvalue weighted by atomic mass is 9.98. The smallest absolute Gasteiger partial charge is 0.407 e. The highest BCUT2D eigenvalue weighted by Crippen LogP contribution is 2.44. The van der Waals surface area contributed by atoms with Gasteiger partial charge in [-0.15, -0.1) is 6.42 Å². The van der Waals surface area contributed by atoms with E-state index in [-0.39, 0.29) is 36.9 Å². The fourth-order valence-electron chi connectivity index (χ4n) is 4.01. The summed E-state index contributed by atoms with van der Waals surface area (Å²) < 4.78 is 10.3. The zero-order valence-electron chi connectivity index (χ0n) is 18.1. The van der Waals surface area contributed by atoms with Crippen LogP contribution in [0.4, 0.5) is 4.79 Å². The first-order chi connectivity index (χ1) is 16.5. The van der Waals surface area contributed by atoms with Crippen LogP contribution in [-0.4, -0.2) is 52.8 Å². The van der Waals surface area contributed by atoms with Crippen molar-refractivity contribution in [3.8, 4) is 23.5 Å². The summed E-state index contributed by atoms with van der Waals surface area (Å²) in [4.78, 5) is 37.0. The molecule has 0 saturated heterocycles. The number of hydrogen-bond donors (Lipinski definition) is 2. The van der Waals surface area contributed by atoms with Gasteiger partial charge in [0.25, 0.3) is 5.91 Å². The number of aromatic nitrogens is 1. The fraction of sp³-hybridized carbons (Fsp3) is 0.200. The van der Waals surface area contributed by atoms with Crippen LogP contribution in [0.5, 0.6) is 0 Å². The van der Waals surface area contributed by atoms with E-state index in [1.165, 1.54) is 0 Å². The van der Waals surface area contributed by atoms with Crippen LogP contribution in [0.1, 0.15) is 33.1 Å². The Balaban J connectivity index is 1.38. The molecule has 1 aliphatic carbocycles. The van der Waals surface area contributed by atoms with E-state index in [4.69, 9.17) is 20.8 Å². The van der Waals surface area contributed by atoms with Crippen molar-refractivity contribution in [1.29, 1.82) is 0 Å². The zero-order valence-corrected chi connectivity index (χ0v) is 18.1. The number of carbonyl (C=O) groups is 3. The predicted octanol–water partition coefficient (Wildman–Crippen LogP) is 2.87. The Morgan fingerprint density at radius 2 is 1.76 bits per heavy atom. The van der Waals surface area contributed by atoms with E-state index in [1.807, 2.05) is 48.5 Å². The number of fused-ring (bicyclic) bond motifs is 3. The molecule has 0 unspecified atom stereocenters. The SMILES string of the molecule is C#CCN(CC(=O)O)C(=O)c1conc1CNC(=O)OCC1c2ccccc2-c2ccccc21. The fourth-order valence-corrected chi connectivity index (χ4v) is 4.01. The molecule has 0 aliphatic heterocycles. The number of terminal acetylenes is 1. The van der Waals surface area contributed by atoms with Gasteiger partial charge in [-0.25, -0.2) is 4.79 Å². The standard InChI is InChI=1S/C25H21N3O6/c1-2-11-28(13-23(29)30)24(31)21-15-34-27-22(21)12-26-25(32)33-14-20-18-9-5-3-7-16(18)17-8-4-6-10-19(17)20/h1,3-10,15,20H,11-14H2,(H,26,32)(H,29,30). The molecule has 0 bridgehead atoms. The van der Waals surface area contributed by atoms with Gasteiger partial charge in [-0.05, 0) is 22.3 Å². The van der Waals surface area contributed by atoms with Crippen LogP contribution in [-0.2, 0) is 16.1 Å². The minimum absolute atomic E-state index is 0.00967. The van der Waals surface area contributed by atoms with Crippen LogP contribution in [0.2, 0.25) is 0 Å². The second-order valence-electron chi connectivity index (χ2n) is 7.61. The molecule has 0 fully saturated rings. The second-order valence-corrected chi connectivity index (χ2v) is 7.61. The monoisotopic (exact) mass is 459 g/mol. The number of amides is 2. The summed E-state index contributed by atoms with van der Waals surface area (Å²) in [6.07, 6.45) is 5.63. The lowest BCUT2D eigenvalue weighted by molar-refractivity contribution is -0.137. The molecule has 2 aromatic carbocycles. The first-order valence-electron chi connectivity index (χ1n) is 10.5. The molecule has 4 rings (SSSR count). The molecular formula is C25H21N3O6. The van der Waals surface area contributed by atoms with Gasteiger partial charge in [-0.3, -0.25) is 9.59 Å². The number of rotatable bonds is 8. The Kier molecular flexibility index (Phi) is 6.59. The third kappa shape index (κ3) is 4.61. The second kappa shape index (κ2) is 9.92. The molecule has 3 aromatic rings. The van der Waals surface area contributed by atoms with Crippen molar-refractivity contribution in [3.63, 3.8) is 0 Å². The molecule has 1 aliphatic rings. The molecule has 9 heteroatoms. The van der Waals surface area contributed by atoms with Crippen molar-refractivity contribution < 1.29 is 28.8 Å². The third-order valence-corrected chi connectivity index (χ3v) is 5.51. The van der Waals surface area contributed by atoms with E-state index in [1.54, 1.807) is 0 Å². The van der Waals surface area contributed by atoms with Crippen molar-refractivity contribution in [3.05, 3.63) is 77.2 Å². The van der Waals surface area contributed by atoms with E-state index in [0.717, 1.165) is 33.4 Å². The third-order valence-electron chi connectivity index (χ3n) is 5.51. The summed E-state index contributed by atoms with van der Waals surface area (Å²) in [6.45, 7) is -0.784. The van der Waals surface area contributed by atoms with Gasteiger partial charge in [-0.2, -0.15) is 0 Å². The molecule has 9 nitrogen and oxygen atoms in total. The summed E-state index contributed by atoms with van der Waals surface area (Å²) in [5, 5.41) is 15.3. The number of aliphatic carboxylic acids is 1. The highest BCUT2D eigenvalue weighted by Gasteiger charge is 2.29. The lowest BCUT2D eigenvalue weighted by Gasteiger charge is -2.17. The molecule has 0 atom stereocenters. The van der Waals surface area contributed by atoms with Gasteiger partial charge in [0.2, 0.25) is 0 Å². The van der Waals surface area contributed by atoms with E-state index >= 15 is 0 Å². The van der Waals surface area contributed by atoms with Gasteiger partial charge in [0, 0.05) is 5.92 Å². The van der Waals surface area contributed by atoms with Crippen LogP contribution >= 0.6 is 0 Å². The van der Waals surface area contributed by atoms with Gasteiger partial charge in [0.15, 0.2) is 0 Å². The average Bonchev–Trinajstić information content (AvgIpc) is 3.43. The van der Waals surface area contributed by atoms with E-state index in [2.05, 4.69) is 16.4 Å². The number of carbonyl (C=O) groups excluding carboxylic acids is 2. The largest absolute Gasteiger partial charge is 0.480 e. The Hall–Kier alpha value is -4.58. The predicted molar refractivity (Wildman–Crippen MR) is 121 cm³/mol. The van der Waals surface area contributed by atoms with Crippen molar-refractivity contribution in [2.24, 2.45) is 0 Å². The number of benzene rings is 2. The quantitative estimate of drug-likeness (QED) is 0.497. The number of hydrogen-bond acceptors (Lipinski definition) is 6. The van der Waals surface area contributed by atoms with Crippen LogP contribution in [0.3, 0.4) is 0 Å². The highest BCUT2D eigenvalue weighted by atomic mass is 16.5. The molecule has 0 saturated carbocycles. The number of nitrogens with zero attached hydrogens (tertiary/aromatic N) is 2. The normalized spacial score (nSPS) is 11.7. The minimum atomic E-state index is -1.21. The van der Waals surface area contributed by atoms with Gasteiger partial charge >= 0.3 is 12.1 Å². The van der Waals surface area contributed by atoms with Crippen LogP contribution in [0.25, 0.3) is 11.1 Å². The molecular weight excluding hydrogens is 438 g/mol. The molecule has 0 radical (unpaired) electrons. The summed E-state index contributed by atoms with van der Waals surface area (Å²) in [7, 11) is 0. The first kappa shape index (κ1) is 22.6. The maximum absolute atomic E-state index is 12.7. The van der Waals surface area contributed by atoms with Crippen LogP contribution < -0.4 is 5.32 Å². The Morgan fingerprint density at radius 1 is 1.12 bits per heavy atom. The minimum Gasteiger partial charge on any atom is -0.480 e. The van der Waals surface area contributed by atoms with Gasteiger partial charge in [0.05, 0.1) is 13.1 Å². The van der Waals surface area contributed by atoms with Crippen molar-refractivity contribution in [2.75, 3.05) is 19.7 Å². The van der Waals surface area contributed by atoms with Crippen LogP contribution in [0, 0.1) is 12.3 Å². The highest BCUT2D eigenvalue weighted by molar-refractivity contribution is 5.96. The van der Waals surface area contributed by atoms with Crippen molar-refractivity contribution in [1.82, 2.24) is 15.4 Å². The topological polar surface area (TPSA) is 122 Å². The summed E-state index contributed by atoms with van der Waals surface area (Å²) in [5.74, 6) is 0.286. The zero-order chi connectivity index (χ0) is 24.1. The number of nitrogens with one attached hydrogen (secondary N) is 1. The van der Waals surface area contributed by atoms with E-state index in [0.29, 0.717) is 0 Å². The maximum atomic E-state index is 12.7. The van der Waals surface area contributed by atoms with E-state index in [9.17, 15) is 14.4 Å². The van der Waals surface area contributed by atoms with Crippen molar-refractivity contribution in [2.45, 2.75) is 12.5 Å². The summed E-state index contributed by atoms with van der Waals surface area (Å²) in [5.41, 5.74) is 4.56. The Bertz CT molecular complexity index is 1230. The van der Waals surface area contributed by atoms with Crippen molar-refractivity contribution >= 4 is 18.0 Å². The number of alkyl carbamates (subject to hydrolysis) is 1. The maximum Gasteiger partial charge on any atom is 0.407 e. The molecule has 2 N–H and O–H groups in total. The van der Waals surface area contributed by atoms with Crippen LogP contribution in [0.15, 0.2) is 59.3 Å². The molecule has 1 heterocycles. The van der Waals surface area contributed by atoms with Gasteiger partial charge < -0.3 is 24.6 Å². The number of carboxylic acids is 1. The Morgan fingerprint density at radius 3 is 2.38 bits per heavy atom. The molecule has 172 valence electrons. The summed E-state index contributed by atoms with van der Waals surface area (Å²) >= 11 is 0. The molecule has 2 amide bonds. The van der Waals surface area contributed by atoms with E-state index < -0.39 is 24.5 Å². The lowest BCUT2D eigenvalue weighted by Crippen LogP contribution is -2.36. The average molecular weight is 459 g/mol. The number of ether oxygens (including phenoxy) is 1. The van der Waals surface area contributed by atoms with Gasteiger partial charge in [0.1, 0.15) is 30.7 Å². The molecule has 0 spiro atoms. The Labute approximate surface area is 195 Å². The van der Waals surface area contributed by atoms with Gasteiger partial charge in [-0.1, -0.05) is 59.6 Å². The molecule has 1 aromatic heterocycles. The number of carboxylic acid groups (broad SMARTS) is 1. The first-order valence-corrected chi connectivity index (χ1v) is 10.5. The molecule has 34 heavy (non-hydrogen) atoms.